The summed E-state index contributed by atoms with van der Waals surface area (Å²) in [6.45, 7) is 5.88. The van der Waals surface area contributed by atoms with Gasteiger partial charge in [-0.2, -0.15) is 0 Å². The van der Waals surface area contributed by atoms with Crippen LogP contribution in [0.5, 0.6) is 0 Å². The SMILES string of the molecule is CC(C)(C)NC(=O)CSc1nnc(Nc2cccc(Br)c2)s1. The summed E-state index contributed by atoms with van der Waals surface area (Å²) in [5.74, 6) is 0.331. The molecule has 118 valence electrons. The van der Waals surface area contributed by atoms with Gasteiger partial charge in [-0.1, -0.05) is 45.1 Å². The van der Waals surface area contributed by atoms with Gasteiger partial charge in [0, 0.05) is 15.7 Å². The highest BCUT2D eigenvalue weighted by molar-refractivity contribution is 9.10. The molecule has 0 bridgehead atoms. The van der Waals surface area contributed by atoms with Gasteiger partial charge < -0.3 is 10.6 Å². The zero-order valence-corrected chi connectivity index (χ0v) is 15.7. The summed E-state index contributed by atoms with van der Waals surface area (Å²) in [6.07, 6.45) is 0. The third kappa shape index (κ3) is 5.94. The Hall–Kier alpha value is -1.12. The first kappa shape index (κ1) is 17.2. The molecule has 0 spiro atoms. The van der Waals surface area contributed by atoms with Crippen molar-refractivity contribution in [1.29, 1.82) is 0 Å². The van der Waals surface area contributed by atoms with Crippen LogP contribution in [0.2, 0.25) is 0 Å². The van der Waals surface area contributed by atoms with Gasteiger partial charge in [-0.25, -0.2) is 0 Å². The number of thioether (sulfide) groups is 1. The third-order valence-electron chi connectivity index (χ3n) is 2.32. The fourth-order valence-corrected chi connectivity index (χ4v) is 3.56. The van der Waals surface area contributed by atoms with Crippen molar-refractivity contribution in [2.24, 2.45) is 0 Å². The minimum Gasteiger partial charge on any atom is -0.351 e. The Labute approximate surface area is 146 Å². The summed E-state index contributed by atoms with van der Waals surface area (Å²) in [5.41, 5.74) is 0.721. The molecule has 1 aromatic carbocycles. The van der Waals surface area contributed by atoms with Crippen LogP contribution in [0.25, 0.3) is 0 Å². The van der Waals surface area contributed by atoms with Crippen LogP contribution in [0, 0.1) is 0 Å². The Morgan fingerprint density at radius 2 is 2.14 bits per heavy atom. The van der Waals surface area contributed by atoms with E-state index >= 15 is 0 Å². The molecule has 0 radical (unpaired) electrons. The summed E-state index contributed by atoms with van der Waals surface area (Å²) in [6, 6.07) is 7.82. The van der Waals surface area contributed by atoms with E-state index in [1.165, 1.54) is 23.1 Å². The van der Waals surface area contributed by atoms with E-state index in [4.69, 9.17) is 0 Å². The predicted octanol–water partition coefficient (Wildman–Crippen LogP) is 4.05. The van der Waals surface area contributed by atoms with E-state index in [1.807, 2.05) is 45.0 Å². The lowest BCUT2D eigenvalue weighted by molar-refractivity contribution is -0.119. The maximum absolute atomic E-state index is 11.8. The molecule has 0 atom stereocenters. The van der Waals surface area contributed by atoms with Gasteiger partial charge >= 0.3 is 0 Å². The van der Waals surface area contributed by atoms with Crippen molar-refractivity contribution in [2.45, 2.75) is 30.6 Å². The number of amides is 1. The van der Waals surface area contributed by atoms with Crippen LogP contribution in [-0.2, 0) is 4.79 Å². The first-order chi connectivity index (χ1) is 10.3. The monoisotopic (exact) mass is 400 g/mol. The molecule has 22 heavy (non-hydrogen) atoms. The lowest BCUT2D eigenvalue weighted by atomic mass is 10.1. The number of rotatable bonds is 5. The van der Waals surface area contributed by atoms with Crippen LogP contribution >= 0.6 is 39.0 Å². The molecule has 0 aliphatic carbocycles. The first-order valence-corrected chi connectivity index (χ1v) is 9.21. The Morgan fingerprint density at radius 1 is 1.36 bits per heavy atom. The van der Waals surface area contributed by atoms with Crippen molar-refractivity contribution in [2.75, 3.05) is 11.1 Å². The average molecular weight is 401 g/mol. The number of nitrogens with zero attached hydrogens (tertiary/aromatic N) is 2. The van der Waals surface area contributed by atoms with Crippen LogP contribution in [0.15, 0.2) is 33.1 Å². The van der Waals surface area contributed by atoms with Gasteiger partial charge in [0.2, 0.25) is 11.0 Å². The van der Waals surface area contributed by atoms with E-state index in [1.54, 1.807) is 0 Å². The number of anilines is 2. The maximum Gasteiger partial charge on any atom is 0.230 e. The molecule has 0 aliphatic heterocycles. The molecule has 1 heterocycles. The third-order valence-corrected chi connectivity index (χ3v) is 4.79. The van der Waals surface area contributed by atoms with Gasteiger partial charge in [0.25, 0.3) is 0 Å². The second-order valence-corrected chi connectivity index (χ2v) is 8.71. The molecule has 0 saturated carbocycles. The summed E-state index contributed by atoms with van der Waals surface area (Å²) in [4.78, 5) is 11.8. The van der Waals surface area contributed by atoms with Gasteiger partial charge in [0.15, 0.2) is 4.34 Å². The number of carbonyl (C=O) groups is 1. The molecule has 2 rings (SSSR count). The minimum absolute atomic E-state index is 0.00537. The van der Waals surface area contributed by atoms with Crippen molar-refractivity contribution in [3.8, 4) is 0 Å². The van der Waals surface area contributed by atoms with E-state index < -0.39 is 0 Å². The van der Waals surface area contributed by atoms with E-state index in [9.17, 15) is 4.79 Å². The zero-order chi connectivity index (χ0) is 16.2. The van der Waals surface area contributed by atoms with Crippen LogP contribution in [0.3, 0.4) is 0 Å². The van der Waals surface area contributed by atoms with Crippen molar-refractivity contribution >= 4 is 55.8 Å². The van der Waals surface area contributed by atoms with Crippen LogP contribution < -0.4 is 10.6 Å². The second-order valence-electron chi connectivity index (χ2n) is 5.60. The minimum atomic E-state index is -0.216. The molecule has 2 aromatic rings. The molecule has 1 amide bonds. The van der Waals surface area contributed by atoms with E-state index in [-0.39, 0.29) is 11.4 Å². The Bertz CT molecular complexity index is 654. The Morgan fingerprint density at radius 3 is 2.82 bits per heavy atom. The maximum atomic E-state index is 11.8. The molecule has 1 aromatic heterocycles. The molecule has 0 fully saturated rings. The highest BCUT2D eigenvalue weighted by Gasteiger charge is 2.14. The Balaban J connectivity index is 1.88. The van der Waals surface area contributed by atoms with E-state index in [0.29, 0.717) is 10.9 Å². The summed E-state index contributed by atoms with van der Waals surface area (Å²) in [7, 11) is 0. The number of carbonyl (C=O) groups excluding carboxylic acids is 1. The molecular weight excluding hydrogens is 384 g/mol. The molecule has 0 aliphatic rings. The molecule has 0 unspecified atom stereocenters. The van der Waals surface area contributed by atoms with Gasteiger partial charge in [-0.05, 0) is 39.0 Å². The highest BCUT2D eigenvalue weighted by Crippen LogP contribution is 2.28. The van der Waals surface area contributed by atoms with Crippen LogP contribution in [0.4, 0.5) is 10.8 Å². The molecule has 2 N–H and O–H groups in total. The van der Waals surface area contributed by atoms with Crippen molar-refractivity contribution in [3.05, 3.63) is 28.7 Å². The fourth-order valence-electron chi connectivity index (χ4n) is 1.59. The number of hydrogen-bond acceptors (Lipinski definition) is 6. The summed E-state index contributed by atoms with van der Waals surface area (Å²) in [5, 5.41) is 15.0. The summed E-state index contributed by atoms with van der Waals surface area (Å²) >= 11 is 6.24. The van der Waals surface area contributed by atoms with E-state index in [2.05, 4.69) is 36.8 Å². The van der Waals surface area contributed by atoms with Crippen molar-refractivity contribution in [3.63, 3.8) is 0 Å². The average Bonchev–Trinajstić information content (AvgIpc) is 2.82. The van der Waals surface area contributed by atoms with Gasteiger partial charge in [0.1, 0.15) is 0 Å². The van der Waals surface area contributed by atoms with Gasteiger partial charge in [-0.15, -0.1) is 10.2 Å². The van der Waals surface area contributed by atoms with Crippen LogP contribution in [-0.4, -0.2) is 27.4 Å². The van der Waals surface area contributed by atoms with Crippen molar-refractivity contribution < 1.29 is 4.79 Å². The standard InChI is InChI=1S/C14H17BrN4OS2/c1-14(2,3)17-11(20)8-21-13-19-18-12(22-13)16-10-6-4-5-9(15)7-10/h4-7H,8H2,1-3H3,(H,16,18)(H,17,20). The fraction of sp³-hybridized carbons (Fsp3) is 0.357. The van der Waals surface area contributed by atoms with Gasteiger partial charge in [-0.3, -0.25) is 4.79 Å². The summed E-state index contributed by atoms with van der Waals surface area (Å²) < 4.78 is 1.76. The molecular formula is C14H17BrN4OS2. The molecule has 5 nitrogen and oxygen atoms in total. The number of benzene rings is 1. The van der Waals surface area contributed by atoms with E-state index in [0.717, 1.165) is 14.5 Å². The molecule has 8 heteroatoms. The zero-order valence-electron chi connectivity index (χ0n) is 12.5. The van der Waals surface area contributed by atoms with Crippen molar-refractivity contribution in [1.82, 2.24) is 15.5 Å². The number of nitrogens with one attached hydrogen (secondary N) is 2. The largest absolute Gasteiger partial charge is 0.351 e. The number of halogens is 1. The quantitative estimate of drug-likeness (QED) is 0.740. The normalized spacial score (nSPS) is 11.3. The lowest BCUT2D eigenvalue weighted by Gasteiger charge is -2.19. The predicted molar refractivity (Wildman–Crippen MR) is 96.0 cm³/mol. The van der Waals surface area contributed by atoms with Gasteiger partial charge in [0.05, 0.1) is 5.75 Å². The number of aromatic nitrogens is 2. The molecule has 0 saturated heterocycles. The Kier molecular flexibility index (Phi) is 5.82. The highest BCUT2D eigenvalue weighted by atomic mass is 79.9. The smallest absolute Gasteiger partial charge is 0.230 e. The number of hydrogen-bond donors (Lipinski definition) is 2. The first-order valence-electron chi connectivity index (χ1n) is 6.62. The lowest BCUT2D eigenvalue weighted by Crippen LogP contribution is -2.41. The second kappa shape index (κ2) is 7.43. The van der Waals surface area contributed by atoms with Crippen LogP contribution in [0.1, 0.15) is 20.8 Å². The topological polar surface area (TPSA) is 66.9 Å².